The quantitative estimate of drug-likeness (QED) is 0.462. The van der Waals surface area contributed by atoms with Gasteiger partial charge in [0.25, 0.3) is 0 Å². The van der Waals surface area contributed by atoms with Crippen molar-refractivity contribution in [1.29, 1.82) is 0 Å². The van der Waals surface area contributed by atoms with Crippen molar-refractivity contribution in [1.82, 2.24) is 20.2 Å². The number of hydrogen-bond acceptors (Lipinski definition) is 5. The van der Waals surface area contributed by atoms with Crippen molar-refractivity contribution in [3.8, 4) is 0 Å². The zero-order valence-corrected chi connectivity index (χ0v) is 17.5. The number of anilines is 1. The number of hydrogen-bond donors (Lipinski definition) is 1. The Kier molecular flexibility index (Phi) is 6.59. The van der Waals surface area contributed by atoms with Crippen LogP contribution in [0.4, 0.5) is 5.69 Å². The molecule has 0 bridgehead atoms. The highest BCUT2D eigenvalue weighted by Gasteiger charge is 2.22. The number of benzene rings is 3. The number of nitrogens with one attached hydrogen (secondary N) is 1. The standard InChI is InChI=1S/C23H21N5O2S/c29-23(22(28-17-24-26-27-28)15-18-8-3-1-4-9-18)25-20-11-7-10-19(14-20)16-31(30)21-12-5-2-6-13-21/h1-14,17,22H,15-16H2,(H,25,29). The molecule has 1 N–H and O–H groups in total. The van der Waals surface area contributed by atoms with E-state index in [-0.39, 0.29) is 5.91 Å². The van der Waals surface area contributed by atoms with Crippen molar-refractivity contribution in [2.45, 2.75) is 23.1 Å². The molecule has 8 heteroatoms. The van der Waals surface area contributed by atoms with Gasteiger partial charge in [-0.15, -0.1) is 5.10 Å². The first-order valence-electron chi connectivity index (χ1n) is 9.78. The Labute approximate surface area is 182 Å². The zero-order valence-electron chi connectivity index (χ0n) is 16.7. The fraction of sp³-hybridized carbons (Fsp3) is 0.130. The monoisotopic (exact) mass is 431 g/mol. The SMILES string of the molecule is O=C(Nc1cccc(CS(=O)c2ccccc2)c1)C(Cc1ccccc1)n1cnnn1. The molecule has 0 saturated heterocycles. The summed E-state index contributed by atoms with van der Waals surface area (Å²) >= 11 is 0. The maximum absolute atomic E-state index is 13.1. The minimum atomic E-state index is -1.16. The Balaban J connectivity index is 1.48. The molecule has 31 heavy (non-hydrogen) atoms. The van der Waals surface area contributed by atoms with Crippen LogP contribution in [0.25, 0.3) is 0 Å². The predicted octanol–water partition coefficient (Wildman–Crippen LogP) is 3.40. The van der Waals surface area contributed by atoms with E-state index in [0.29, 0.717) is 17.9 Å². The van der Waals surface area contributed by atoms with E-state index in [0.717, 1.165) is 16.0 Å². The predicted molar refractivity (Wildman–Crippen MR) is 119 cm³/mol. The summed E-state index contributed by atoms with van der Waals surface area (Å²) in [5, 5.41) is 14.2. The second kappa shape index (κ2) is 9.90. The molecule has 0 saturated carbocycles. The number of nitrogens with zero attached hydrogens (tertiary/aromatic N) is 4. The van der Waals surface area contributed by atoms with E-state index in [1.54, 1.807) is 0 Å². The molecule has 1 heterocycles. The summed E-state index contributed by atoms with van der Waals surface area (Å²) in [7, 11) is -1.16. The molecule has 2 unspecified atom stereocenters. The van der Waals surface area contributed by atoms with E-state index in [2.05, 4.69) is 20.8 Å². The molecule has 3 aromatic carbocycles. The molecule has 0 aliphatic rings. The normalized spacial score (nSPS) is 12.8. The van der Waals surface area contributed by atoms with Gasteiger partial charge in [-0.3, -0.25) is 9.00 Å². The van der Waals surface area contributed by atoms with Crippen molar-refractivity contribution >= 4 is 22.4 Å². The Morgan fingerprint density at radius 3 is 2.35 bits per heavy atom. The van der Waals surface area contributed by atoms with E-state index >= 15 is 0 Å². The molecule has 4 aromatic rings. The third-order valence-electron chi connectivity index (χ3n) is 4.76. The van der Waals surface area contributed by atoms with Gasteiger partial charge in [0.15, 0.2) is 0 Å². The fourth-order valence-corrected chi connectivity index (χ4v) is 4.34. The Morgan fingerprint density at radius 1 is 0.935 bits per heavy atom. The van der Waals surface area contributed by atoms with Gasteiger partial charge in [-0.05, 0) is 45.8 Å². The Morgan fingerprint density at radius 2 is 1.65 bits per heavy atom. The van der Waals surface area contributed by atoms with Gasteiger partial charge in [0.05, 0.1) is 16.6 Å². The molecule has 0 aliphatic carbocycles. The smallest absolute Gasteiger partial charge is 0.249 e. The number of rotatable bonds is 8. The molecular formula is C23H21N5O2S. The molecule has 4 rings (SSSR count). The van der Waals surface area contributed by atoms with Crippen LogP contribution >= 0.6 is 0 Å². The van der Waals surface area contributed by atoms with Crippen LogP contribution in [0.3, 0.4) is 0 Å². The summed E-state index contributed by atoms with van der Waals surface area (Å²) in [4.78, 5) is 13.9. The van der Waals surface area contributed by atoms with Crippen LogP contribution in [0.2, 0.25) is 0 Å². The molecule has 1 amide bonds. The minimum absolute atomic E-state index is 0.225. The first-order valence-corrected chi connectivity index (χ1v) is 11.1. The lowest BCUT2D eigenvalue weighted by atomic mass is 10.1. The maximum Gasteiger partial charge on any atom is 0.249 e. The number of amides is 1. The number of tetrazole rings is 1. The Hall–Kier alpha value is -3.65. The Bertz CT molecular complexity index is 1150. The van der Waals surface area contributed by atoms with Crippen molar-refractivity contribution in [3.05, 3.63) is 102 Å². The molecular weight excluding hydrogens is 410 g/mol. The summed E-state index contributed by atoms with van der Waals surface area (Å²) in [6.07, 6.45) is 1.89. The molecule has 156 valence electrons. The summed E-state index contributed by atoms with van der Waals surface area (Å²) in [6.45, 7) is 0. The van der Waals surface area contributed by atoms with Gasteiger partial charge in [0.2, 0.25) is 5.91 Å². The first kappa shape index (κ1) is 20.6. The van der Waals surface area contributed by atoms with Crippen LogP contribution in [0.15, 0.2) is 96.2 Å². The van der Waals surface area contributed by atoms with Gasteiger partial charge in [-0.25, -0.2) is 4.68 Å². The summed E-state index contributed by atoms with van der Waals surface area (Å²) < 4.78 is 14.1. The van der Waals surface area contributed by atoms with Crippen LogP contribution in [-0.4, -0.2) is 30.3 Å². The fourth-order valence-electron chi connectivity index (χ4n) is 3.23. The lowest BCUT2D eigenvalue weighted by Crippen LogP contribution is -2.28. The van der Waals surface area contributed by atoms with E-state index < -0.39 is 16.8 Å². The van der Waals surface area contributed by atoms with Gasteiger partial charge in [0.1, 0.15) is 12.4 Å². The topological polar surface area (TPSA) is 89.8 Å². The van der Waals surface area contributed by atoms with Crippen LogP contribution < -0.4 is 5.32 Å². The number of carbonyl (C=O) groups is 1. The molecule has 7 nitrogen and oxygen atoms in total. The van der Waals surface area contributed by atoms with Crippen LogP contribution in [0, 0.1) is 0 Å². The highest BCUT2D eigenvalue weighted by molar-refractivity contribution is 7.84. The third kappa shape index (κ3) is 5.49. The molecule has 0 aliphatic heterocycles. The molecule has 1 aromatic heterocycles. The van der Waals surface area contributed by atoms with Gasteiger partial charge in [-0.2, -0.15) is 0 Å². The maximum atomic E-state index is 13.1. The van der Waals surface area contributed by atoms with E-state index in [4.69, 9.17) is 0 Å². The number of aromatic nitrogens is 4. The van der Waals surface area contributed by atoms with Crippen LogP contribution in [0.5, 0.6) is 0 Å². The average molecular weight is 432 g/mol. The summed E-state index contributed by atoms with van der Waals surface area (Å²) in [5.41, 5.74) is 2.52. The third-order valence-corrected chi connectivity index (χ3v) is 6.15. The van der Waals surface area contributed by atoms with Crippen molar-refractivity contribution in [2.24, 2.45) is 0 Å². The summed E-state index contributed by atoms with van der Waals surface area (Å²) in [6, 6.07) is 25.9. The first-order chi connectivity index (χ1) is 15.2. The van der Waals surface area contributed by atoms with Gasteiger partial charge < -0.3 is 5.32 Å². The summed E-state index contributed by atoms with van der Waals surface area (Å²) in [5.74, 6) is 0.145. The van der Waals surface area contributed by atoms with Crippen LogP contribution in [0.1, 0.15) is 17.2 Å². The van der Waals surface area contributed by atoms with Crippen LogP contribution in [-0.2, 0) is 27.8 Å². The molecule has 2 atom stereocenters. The lowest BCUT2D eigenvalue weighted by molar-refractivity contribution is -0.119. The second-order valence-electron chi connectivity index (χ2n) is 6.99. The highest BCUT2D eigenvalue weighted by Crippen LogP contribution is 2.19. The number of carbonyl (C=O) groups excluding carboxylic acids is 1. The van der Waals surface area contributed by atoms with Gasteiger partial charge in [0, 0.05) is 17.0 Å². The van der Waals surface area contributed by atoms with E-state index in [1.807, 2.05) is 84.9 Å². The highest BCUT2D eigenvalue weighted by atomic mass is 32.2. The van der Waals surface area contributed by atoms with E-state index in [1.165, 1.54) is 11.0 Å². The minimum Gasteiger partial charge on any atom is -0.324 e. The van der Waals surface area contributed by atoms with Gasteiger partial charge in [-0.1, -0.05) is 60.7 Å². The lowest BCUT2D eigenvalue weighted by Gasteiger charge is -2.17. The van der Waals surface area contributed by atoms with Crippen molar-refractivity contribution < 1.29 is 9.00 Å². The van der Waals surface area contributed by atoms with Gasteiger partial charge >= 0.3 is 0 Å². The van der Waals surface area contributed by atoms with Crippen molar-refractivity contribution in [2.75, 3.05) is 5.32 Å². The zero-order chi connectivity index (χ0) is 21.5. The molecule has 0 radical (unpaired) electrons. The largest absolute Gasteiger partial charge is 0.324 e. The molecule has 0 fully saturated rings. The second-order valence-corrected chi connectivity index (χ2v) is 8.44. The molecule has 0 spiro atoms. The average Bonchev–Trinajstić information content (AvgIpc) is 3.33. The van der Waals surface area contributed by atoms with Crippen molar-refractivity contribution in [3.63, 3.8) is 0 Å². The van der Waals surface area contributed by atoms with E-state index in [9.17, 15) is 9.00 Å².